The van der Waals surface area contributed by atoms with Crippen molar-refractivity contribution in [3.63, 3.8) is 0 Å². The number of hydrogen-bond donors (Lipinski definition) is 4. The van der Waals surface area contributed by atoms with Crippen LogP contribution in [0.25, 0.3) is 0 Å². The topological polar surface area (TPSA) is 109 Å². The van der Waals surface area contributed by atoms with Gasteiger partial charge in [0.05, 0.1) is 17.8 Å². The first-order chi connectivity index (χ1) is 20.3. The second kappa shape index (κ2) is 13.0. The zero-order valence-electron chi connectivity index (χ0n) is 31.2. The molecule has 3 aliphatic heterocycles. The van der Waals surface area contributed by atoms with Gasteiger partial charge in [-0.15, -0.1) is 0 Å². The van der Waals surface area contributed by atoms with Crippen molar-refractivity contribution in [1.29, 1.82) is 0 Å². The van der Waals surface area contributed by atoms with Crippen LogP contribution in [0.2, 0.25) is 0 Å². The Balaban J connectivity index is 1.58. The van der Waals surface area contributed by atoms with Crippen molar-refractivity contribution in [2.24, 2.45) is 17.8 Å². The zero-order valence-corrected chi connectivity index (χ0v) is 31.2. The molecule has 3 heterocycles. The summed E-state index contributed by atoms with van der Waals surface area (Å²) in [6.07, 6.45) is 2.42. The summed E-state index contributed by atoms with van der Waals surface area (Å²) < 4.78 is 0. The number of amides is 3. The molecule has 3 unspecified atom stereocenters. The number of nitrogens with one attached hydrogen (secondary N) is 4. The Hall–Kier alpha value is -1.75. The Labute approximate surface area is 274 Å². The standard InChI is InChI=1S/C35H67N7O3/c1-30(2)21-24(33(7,8)39-30)27(43)36-15-18-42(19-16-37-28(44)25-22-31(3,4)40(13)34(25,9)10)20-17-38-29(45)26-23-32(5,6)41(14)35(26,11)12/h24-26,39H,15-23H2,1-14H3,(H,36,43)(H,37,44)(H,38,45). The Kier molecular flexibility index (Phi) is 10.9. The molecular weight excluding hydrogens is 566 g/mol. The minimum Gasteiger partial charge on any atom is -0.355 e. The fourth-order valence-corrected chi connectivity index (χ4v) is 8.54. The molecule has 260 valence electrons. The number of likely N-dealkylation sites (tertiary alicyclic amines) is 2. The molecule has 0 radical (unpaired) electrons. The van der Waals surface area contributed by atoms with Crippen LogP contribution in [0.15, 0.2) is 0 Å². The molecule has 4 N–H and O–H groups in total. The summed E-state index contributed by atoms with van der Waals surface area (Å²) in [7, 11) is 4.21. The molecule has 45 heavy (non-hydrogen) atoms. The third-order valence-corrected chi connectivity index (χ3v) is 12.0. The minimum absolute atomic E-state index is 0.0372. The Morgan fingerprint density at radius 2 is 0.933 bits per heavy atom. The number of nitrogens with zero attached hydrogens (tertiary/aromatic N) is 3. The SMILES string of the molecule is CN1C(C)(C)CC(C(=O)NCCN(CCNC(=O)C2CC(C)(C)NC2(C)C)CCNC(=O)C2CC(C)(C)N(C)C2(C)C)C1(C)C. The zero-order chi connectivity index (χ0) is 34.4. The van der Waals surface area contributed by atoms with Gasteiger partial charge in [-0.1, -0.05) is 0 Å². The van der Waals surface area contributed by atoms with E-state index in [1.54, 1.807) is 0 Å². The van der Waals surface area contributed by atoms with Crippen molar-refractivity contribution >= 4 is 17.7 Å². The van der Waals surface area contributed by atoms with Crippen molar-refractivity contribution in [2.45, 2.75) is 136 Å². The average molecular weight is 634 g/mol. The van der Waals surface area contributed by atoms with Crippen LogP contribution in [0, 0.1) is 17.8 Å². The highest BCUT2D eigenvalue weighted by molar-refractivity contribution is 5.81. The summed E-state index contributed by atoms with van der Waals surface area (Å²) in [5, 5.41) is 13.2. The number of hydrogen-bond acceptors (Lipinski definition) is 7. The summed E-state index contributed by atoms with van der Waals surface area (Å²) in [6.45, 7) is 29.3. The van der Waals surface area contributed by atoms with Gasteiger partial charge in [0.25, 0.3) is 0 Å². The molecule has 3 fully saturated rings. The first-order valence-electron chi connectivity index (χ1n) is 17.2. The van der Waals surface area contributed by atoms with E-state index in [2.05, 4.69) is 133 Å². The molecule has 0 saturated carbocycles. The van der Waals surface area contributed by atoms with Gasteiger partial charge < -0.3 is 21.3 Å². The Morgan fingerprint density at radius 3 is 1.20 bits per heavy atom. The lowest BCUT2D eigenvalue weighted by Gasteiger charge is -2.38. The van der Waals surface area contributed by atoms with Crippen LogP contribution in [0.4, 0.5) is 0 Å². The summed E-state index contributed by atoms with van der Waals surface area (Å²) in [5.41, 5.74) is -0.875. The second-order valence-corrected chi connectivity index (χ2v) is 17.8. The van der Waals surface area contributed by atoms with E-state index in [0.29, 0.717) is 39.3 Å². The van der Waals surface area contributed by atoms with Crippen LogP contribution in [0.1, 0.15) is 102 Å². The van der Waals surface area contributed by atoms with Gasteiger partial charge in [-0.05, 0) is 116 Å². The summed E-state index contributed by atoms with van der Waals surface area (Å²) in [5.74, 6) is -0.0250. The van der Waals surface area contributed by atoms with Crippen molar-refractivity contribution < 1.29 is 14.4 Å². The molecule has 3 atom stereocenters. The van der Waals surface area contributed by atoms with Crippen molar-refractivity contribution in [1.82, 2.24) is 36.0 Å². The monoisotopic (exact) mass is 634 g/mol. The fourth-order valence-electron chi connectivity index (χ4n) is 8.54. The van der Waals surface area contributed by atoms with Crippen LogP contribution < -0.4 is 21.3 Å². The minimum atomic E-state index is -0.269. The van der Waals surface area contributed by atoms with Crippen molar-refractivity contribution in [2.75, 3.05) is 53.4 Å². The molecule has 0 aliphatic carbocycles. The van der Waals surface area contributed by atoms with Gasteiger partial charge in [0.1, 0.15) is 0 Å². The fraction of sp³-hybridized carbons (Fsp3) is 0.914. The molecule has 10 heteroatoms. The van der Waals surface area contributed by atoms with Gasteiger partial charge in [0.2, 0.25) is 17.7 Å². The van der Waals surface area contributed by atoms with Crippen LogP contribution in [0.3, 0.4) is 0 Å². The molecule has 0 aromatic rings. The second-order valence-electron chi connectivity index (χ2n) is 17.8. The molecule has 0 aromatic heterocycles. The molecular formula is C35H67N7O3. The maximum absolute atomic E-state index is 13.3. The van der Waals surface area contributed by atoms with Gasteiger partial charge >= 0.3 is 0 Å². The predicted octanol–water partition coefficient (Wildman–Crippen LogP) is 2.82. The summed E-state index contributed by atoms with van der Waals surface area (Å²) >= 11 is 0. The maximum atomic E-state index is 13.3. The molecule has 3 rings (SSSR count). The van der Waals surface area contributed by atoms with Gasteiger partial charge in [0.15, 0.2) is 0 Å². The molecule has 3 amide bonds. The van der Waals surface area contributed by atoms with Gasteiger partial charge in [-0.2, -0.15) is 0 Å². The predicted molar refractivity (Wildman–Crippen MR) is 183 cm³/mol. The largest absolute Gasteiger partial charge is 0.355 e. The highest BCUT2D eigenvalue weighted by Crippen LogP contribution is 2.44. The normalized spacial score (nSPS) is 29.5. The number of carbonyl (C=O) groups excluding carboxylic acids is 3. The third-order valence-electron chi connectivity index (χ3n) is 12.0. The van der Waals surface area contributed by atoms with Crippen LogP contribution in [-0.4, -0.2) is 119 Å². The van der Waals surface area contributed by atoms with Gasteiger partial charge in [-0.25, -0.2) is 0 Å². The van der Waals surface area contributed by atoms with Crippen molar-refractivity contribution in [3.05, 3.63) is 0 Å². The van der Waals surface area contributed by atoms with Gasteiger partial charge in [-0.3, -0.25) is 29.1 Å². The van der Waals surface area contributed by atoms with E-state index in [1.165, 1.54) is 0 Å². The maximum Gasteiger partial charge on any atom is 0.225 e. The van der Waals surface area contributed by atoms with E-state index in [1.807, 2.05) is 0 Å². The van der Waals surface area contributed by atoms with E-state index in [-0.39, 0.29) is 68.7 Å². The highest BCUT2D eigenvalue weighted by Gasteiger charge is 2.53. The first kappa shape index (κ1) is 37.7. The average Bonchev–Trinajstić information content (AvgIpc) is 3.31. The Bertz CT molecular complexity index is 1040. The highest BCUT2D eigenvalue weighted by atomic mass is 16.2. The molecule has 3 saturated heterocycles. The van der Waals surface area contributed by atoms with Gasteiger partial charge in [0, 0.05) is 72.5 Å². The smallest absolute Gasteiger partial charge is 0.225 e. The lowest BCUT2D eigenvalue weighted by atomic mass is 9.86. The number of carbonyl (C=O) groups is 3. The molecule has 0 aromatic carbocycles. The lowest BCUT2D eigenvalue weighted by Crippen LogP contribution is -2.51. The van der Waals surface area contributed by atoms with E-state index in [9.17, 15) is 14.4 Å². The molecule has 0 bridgehead atoms. The molecule has 3 aliphatic rings. The van der Waals surface area contributed by atoms with E-state index >= 15 is 0 Å². The quantitative estimate of drug-likeness (QED) is 0.262. The van der Waals surface area contributed by atoms with Crippen molar-refractivity contribution in [3.8, 4) is 0 Å². The van der Waals surface area contributed by atoms with Crippen LogP contribution in [-0.2, 0) is 14.4 Å². The van der Waals surface area contributed by atoms with E-state index in [0.717, 1.165) is 19.3 Å². The third kappa shape index (κ3) is 8.22. The van der Waals surface area contributed by atoms with E-state index in [4.69, 9.17) is 0 Å². The molecule has 0 spiro atoms. The van der Waals surface area contributed by atoms with E-state index < -0.39 is 0 Å². The molecule has 10 nitrogen and oxygen atoms in total. The Morgan fingerprint density at radius 1 is 0.600 bits per heavy atom. The number of rotatable bonds is 12. The lowest BCUT2D eigenvalue weighted by molar-refractivity contribution is -0.127. The van der Waals surface area contributed by atoms with Crippen LogP contribution in [0.5, 0.6) is 0 Å². The first-order valence-corrected chi connectivity index (χ1v) is 17.2. The van der Waals surface area contributed by atoms with Crippen LogP contribution >= 0.6 is 0 Å². The summed E-state index contributed by atoms with van der Waals surface area (Å²) in [4.78, 5) is 46.8. The summed E-state index contributed by atoms with van der Waals surface area (Å²) in [6, 6.07) is 0.